The fraction of sp³-hybridized carbons (Fsp3) is 0.429. The Bertz CT molecular complexity index is 592. The molecule has 0 aromatic heterocycles. The summed E-state index contributed by atoms with van der Waals surface area (Å²) in [7, 11) is -3.23. The van der Waals surface area contributed by atoms with Crippen LogP contribution < -0.4 is 5.32 Å². The number of carboxylic acids is 1. The quantitative estimate of drug-likeness (QED) is 0.697. The predicted octanol–water partition coefficient (Wildman–Crippen LogP) is 1.00. The van der Waals surface area contributed by atoms with Crippen LogP contribution >= 0.6 is 0 Å². The van der Waals surface area contributed by atoms with E-state index in [-0.39, 0.29) is 29.4 Å². The lowest BCUT2D eigenvalue weighted by molar-refractivity contribution is -0.137. The number of aliphatic carboxylic acids is 1. The van der Waals surface area contributed by atoms with Gasteiger partial charge in [0.05, 0.1) is 17.1 Å². The smallest absolute Gasteiger partial charge is 0.303 e. The number of nitrogens with one attached hydrogen (secondary N) is 1. The second-order valence-electron chi connectivity index (χ2n) is 4.57. The summed E-state index contributed by atoms with van der Waals surface area (Å²) in [5, 5.41) is 11.1. The molecule has 1 amide bonds. The zero-order valence-electron chi connectivity index (χ0n) is 11.8. The van der Waals surface area contributed by atoms with Crippen molar-refractivity contribution in [3.05, 3.63) is 29.8 Å². The maximum Gasteiger partial charge on any atom is 0.303 e. The minimum atomic E-state index is -3.23. The van der Waals surface area contributed by atoms with Crippen LogP contribution in [0.25, 0.3) is 0 Å². The lowest BCUT2D eigenvalue weighted by atomic mass is 10.1. The van der Waals surface area contributed by atoms with Crippen molar-refractivity contribution in [2.75, 3.05) is 12.3 Å². The number of carbonyl (C=O) groups is 2. The van der Waals surface area contributed by atoms with Crippen molar-refractivity contribution in [1.29, 1.82) is 0 Å². The highest BCUT2D eigenvalue weighted by Gasteiger charge is 2.11. The summed E-state index contributed by atoms with van der Waals surface area (Å²) in [6.45, 7) is 1.89. The lowest BCUT2D eigenvalue weighted by Crippen LogP contribution is -2.26. The molecule has 0 saturated carbocycles. The highest BCUT2D eigenvalue weighted by Crippen LogP contribution is 2.12. The molecule has 0 fully saturated rings. The van der Waals surface area contributed by atoms with E-state index in [9.17, 15) is 18.0 Å². The van der Waals surface area contributed by atoms with Gasteiger partial charge in [-0.15, -0.1) is 0 Å². The summed E-state index contributed by atoms with van der Waals surface area (Å²) in [6, 6.07) is 6.20. The fourth-order valence-corrected chi connectivity index (χ4v) is 2.58. The standard InChI is InChI=1S/C14H19NO5S/c1-2-21(19,20)12-7-5-11(6-8-12)10-13(16)15-9-3-4-14(17)18/h5-8H,2-4,9-10H2,1H3,(H,15,16)(H,17,18). The van der Waals surface area contributed by atoms with Crippen molar-refractivity contribution >= 4 is 21.7 Å². The van der Waals surface area contributed by atoms with Gasteiger partial charge in [-0.3, -0.25) is 9.59 Å². The van der Waals surface area contributed by atoms with Gasteiger partial charge in [0.25, 0.3) is 0 Å². The van der Waals surface area contributed by atoms with E-state index in [0.29, 0.717) is 18.5 Å². The number of benzene rings is 1. The number of carboxylic acid groups (broad SMARTS) is 1. The van der Waals surface area contributed by atoms with Crippen molar-refractivity contribution in [3.63, 3.8) is 0 Å². The molecule has 7 heteroatoms. The highest BCUT2D eigenvalue weighted by molar-refractivity contribution is 7.91. The van der Waals surface area contributed by atoms with Gasteiger partial charge in [0.1, 0.15) is 0 Å². The average Bonchev–Trinajstić information content (AvgIpc) is 2.44. The third kappa shape index (κ3) is 5.95. The molecular weight excluding hydrogens is 294 g/mol. The summed E-state index contributed by atoms with van der Waals surface area (Å²) in [5.74, 6) is -1.07. The fourth-order valence-electron chi connectivity index (χ4n) is 1.70. The van der Waals surface area contributed by atoms with Crippen LogP contribution in [0.15, 0.2) is 29.2 Å². The van der Waals surface area contributed by atoms with Crippen LogP contribution in [-0.4, -0.2) is 37.7 Å². The molecule has 0 aliphatic heterocycles. The third-order valence-corrected chi connectivity index (χ3v) is 4.67. The first kappa shape index (κ1) is 17.2. The Morgan fingerprint density at radius 2 is 1.81 bits per heavy atom. The van der Waals surface area contributed by atoms with E-state index < -0.39 is 15.8 Å². The molecule has 6 nitrogen and oxygen atoms in total. The molecule has 0 spiro atoms. The molecule has 0 atom stereocenters. The number of rotatable bonds is 8. The van der Waals surface area contributed by atoms with Gasteiger partial charge >= 0.3 is 5.97 Å². The van der Waals surface area contributed by atoms with E-state index >= 15 is 0 Å². The Balaban J connectivity index is 2.49. The van der Waals surface area contributed by atoms with Crippen molar-refractivity contribution < 1.29 is 23.1 Å². The molecule has 0 bridgehead atoms. The Hall–Kier alpha value is -1.89. The van der Waals surface area contributed by atoms with E-state index in [2.05, 4.69) is 5.32 Å². The van der Waals surface area contributed by atoms with Gasteiger partial charge in [0, 0.05) is 13.0 Å². The van der Waals surface area contributed by atoms with Crippen molar-refractivity contribution in [2.45, 2.75) is 31.1 Å². The second kappa shape index (κ2) is 7.78. The summed E-state index contributed by atoms with van der Waals surface area (Å²) < 4.78 is 23.3. The molecule has 1 aromatic rings. The zero-order valence-corrected chi connectivity index (χ0v) is 12.6. The Kier molecular flexibility index (Phi) is 6.36. The zero-order chi connectivity index (χ0) is 15.9. The van der Waals surface area contributed by atoms with Crippen molar-refractivity contribution in [1.82, 2.24) is 5.32 Å². The first-order valence-corrected chi connectivity index (χ1v) is 8.30. The highest BCUT2D eigenvalue weighted by atomic mass is 32.2. The van der Waals surface area contributed by atoms with Crippen LogP contribution in [0, 0.1) is 0 Å². The minimum absolute atomic E-state index is 0.0177. The van der Waals surface area contributed by atoms with Crippen LogP contribution in [0.4, 0.5) is 0 Å². The number of sulfone groups is 1. The van der Waals surface area contributed by atoms with Gasteiger partial charge in [-0.05, 0) is 24.1 Å². The number of hydrogen-bond donors (Lipinski definition) is 2. The number of carbonyl (C=O) groups excluding carboxylic acids is 1. The van der Waals surface area contributed by atoms with E-state index in [1.165, 1.54) is 12.1 Å². The molecule has 116 valence electrons. The van der Waals surface area contributed by atoms with E-state index in [4.69, 9.17) is 5.11 Å². The number of hydrogen-bond acceptors (Lipinski definition) is 4. The second-order valence-corrected chi connectivity index (χ2v) is 6.85. The maximum absolute atomic E-state index is 11.6. The first-order valence-electron chi connectivity index (χ1n) is 6.65. The minimum Gasteiger partial charge on any atom is -0.481 e. The molecule has 1 rings (SSSR count). The molecule has 0 unspecified atom stereocenters. The normalized spacial score (nSPS) is 11.1. The average molecular weight is 313 g/mol. The van der Waals surface area contributed by atoms with E-state index in [1.54, 1.807) is 19.1 Å². The van der Waals surface area contributed by atoms with Crippen LogP contribution in [0.2, 0.25) is 0 Å². The molecule has 1 aromatic carbocycles. The van der Waals surface area contributed by atoms with Crippen LogP contribution in [-0.2, 0) is 25.8 Å². The Morgan fingerprint density at radius 3 is 2.33 bits per heavy atom. The molecule has 0 heterocycles. The maximum atomic E-state index is 11.6. The lowest BCUT2D eigenvalue weighted by Gasteiger charge is -2.06. The van der Waals surface area contributed by atoms with Gasteiger partial charge in [0.2, 0.25) is 5.91 Å². The summed E-state index contributed by atoms with van der Waals surface area (Å²) >= 11 is 0. The number of amides is 1. The molecule has 0 aliphatic carbocycles. The largest absolute Gasteiger partial charge is 0.481 e. The molecule has 0 radical (unpaired) electrons. The summed E-state index contributed by atoms with van der Waals surface area (Å²) in [6.07, 6.45) is 0.540. The first-order chi connectivity index (χ1) is 9.85. The van der Waals surface area contributed by atoms with E-state index in [0.717, 1.165) is 0 Å². The van der Waals surface area contributed by atoms with Crippen molar-refractivity contribution in [3.8, 4) is 0 Å². The molecule has 2 N–H and O–H groups in total. The van der Waals surface area contributed by atoms with Gasteiger partial charge in [-0.1, -0.05) is 19.1 Å². The van der Waals surface area contributed by atoms with Gasteiger partial charge in [-0.2, -0.15) is 0 Å². The van der Waals surface area contributed by atoms with Crippen LogP contribution in [0.5, 0.6) is 0 Å². The predicted molar refractivity (Wildman–Crippen MR) is 77.8 cm³/mol. The molecule has 21 heavy (non-hydrogen) atoms. The van der Waals surface area contributed by atoms with Gasteiger partial charge in [-0.25, -0.2) is 8.42 Å². The van der Waals surface area contributed by atoms with Crippen LogP contribution in [0.1, 0.15) is 25.3 Å². The SMILES string of the molecule is CCS(=O)(=O)c1ccc(CC(=O)NCCCC(=O)O)cc1. The summed E-state index contributed by atoms with van der Waals surface area (Å²) in [5.41, 5.74) is 0.709. The van der Waals surface area contributed by atoms with Crippen molar-refractivity contribution in [2.24, 2.45) is 0 Å². The van der Waals surface area contributed by atoms with Crippen LogP contribution in [0.3, 0.4) is 0 Å². The molecule has 0 saturated heterocycles. The molecular formula is C14H19NO5S. The Labute approximate surface area is 124 Å². The Morgan fingerprint density at radius 1 is 1.19 bits per heavy atom. The van der Waals surface area contributed by atoms with Gasteiger partial charge < -0.3 is 10.4 Å². The topological polar surface area (TPSA) is 101 Å². The van der Waals surface area contributed by atoms with Gasteiger partial charge in [0.15, 0.2) is 9.84 Å². The monoisotopic (exact) mass is 313 g/mol. The van der Waals surface area contributed by atoms with E-state index in [1.807, 2.05) is 0 Å². The molecule has 0 aliphatic rings. The summed E-state index contributed by atoms with van der Waals surface area (Å²) in [4.78, 5) is 22.2. The third-order valence-electron chi connectivity index (χ3n) is 2.92.